The maximum atomic E-state index is 12.4. The van der Waals surface area contributed by atoms with Crippen molar-refractivity contribution in [3.8, 4) is 5.75 Å². The molecular formula is C19H24N4O3. The van der Waals surface area contributed by atoms with E-state index in [1.165, 1.54) is 6.92 Å². The van der Waals surface area contributed by atoms with Gasteiger partial charge in [-0.1, -0.05) is 12.1 Å². The highest BCUT2D eigenvalue weighted by Gasteiger charge is 2.17. The lowest BCUT2D eigenvalue weighted by Gasteiger charge is -2.18. The molecule has 0 aliphatic rings. The quantitative estimate of drug-likeness (QED) is 0.796. The molecule has 7 nitrogen and oxygen atoms in total. The number of pyridine rings is 1. The van der Waals surface area contributed by atoms with E-state index in [9.17, 15) is 9.59 Å². The van der Waals surface area contributed by atoms with Crippen molar-refractivity contribution >= 4 is 23.3 Å². The average molecular weight is 356 g/mol. The van der Waals surface area contributed by atoms with Crippen LogP contribution in [0.15, 0.2) is 42.6 Å². The molecule has 1 aromatic carbocycles. The Kier molecular flexibility index (Phi) is 6.54. The zero-order chi connectivity index (χ0) is 19.1. The highest BCUT2D eigenvalue weighted by molar-refractivity contribution is 5.91. The van der Waals surface area contributed by atoms with E-state index in [0.29, 0.717) is 11.4 Å². The lowest BCUT2D eigenvalue weighted by Crippen LogP contribution is -2.29. The van der Waals surface area contributed by atoms with Gasteiger partial charge in [-0.2, -0.15) is 0 Å². The van der Waals surface area contributed by atoms with Gasteiger partial charge in [0.05, 0.1) is 31.5 Å². The fourth-order valence-electron chi connectivity index (χ4n) is 2.46. The van der Waals surface area contributed by atoms with E-state index in [2.05, 4.69) is 15.6 Å². The molecule has 1 heterocycles. The standard InChI is InChI=1S/C19H24N4O3/c1-13(24)21-17(14-5-8-16(26-4)9-6-14)11-19(25)22-15-7-10-18(20-12-15)23(2)3/h5-10,12,17H,11H2,1-4H3,(H,21,24)(H,22,25)/t17-/m1/s1. The van der Waals surface area contributed by atoms with Crippen LogP contribution in [0.1, 0.15) is 24.9 Å². The first kappa shape index (κ1) is 19.2. The van der Waals surface area contributed by atoms with Gasteiger partial charge in [0.15, 0.2) is 0 Å². The maximum absolute atomic E-state index is 12.4. The minimum atomic E-state index is -0.424. The Morgan fingerprint density at radius 1 is 1.15 bits per heavy atom. The van der Waals surface area contributed by atoms with E-state index >= 15 is 0 Å². The van der Waals surface area contributed by atoms with Crippen LogP contribution in [0.25, 0.3) is 0 Å². The van der Waals surface area contributed by atoms with Gasteiger partial charge in [0.1, 0.15) is 11.6 Å². The Balaban J connectivity index is 2.06. The van der Waals surface area contributed by atoms with Gasteiger partial charge < -0.3 is 20.3 Å². The summed E-state index contributed by atoms with van der Waals surface area (Å²) in [4.78, 5) is 30.0. The molecule has 1 aromatic heterocycles. The van der Waals surface area contributed by atoms with Crippen LogP contribution in [-0.2, 0) is 9.59 Å². The van der Waals surface area contributed by atoms with Crippen LogP contribution in [0.3, 0.4) is 0 Å². The first-order valence-electron chi connectivity index (χ1n) is 8.23. The Labute approximate surface area is 153 Å². The molecule has 0 aliphatic carbocycles. The summed E-state index contributed by atoms with van der Waals surface area (Å²) in [5, 5.41) is 5.62. The molecular weight excluding hydrogens is 332 g/mol. The van der Waals surface area contributed by atoms with Crippen LogP contribution in [0.2, 0.25) is 0 Å². The second-order valence-corrected chi connectivity index (χ2v) is 6.08. The number of hydrogen-bond acceptors (Lipinski definition) is 5. The fourth-order valence-corrected chi connectivity index (χ4v) is 2.46. The predicted molar refractivity (Wildman–Crippen MR) is 101 cm³/mol. The lowest BCUT2D eigenvalue weighted by atomic mass is 10.0. The summed E-state index contributed by atoms with van der Waals surface area (Å²) in [6.07, 6.45) is 1.72. The van der Waals surface area contributed by atoms with E-state index in [1.807, 2.05) is 37.2 Å². The third-order valence-corrected chi connectivity index (χ3v) is 3.78. The van der Waals surface area contributed by atoms with Crippen LogP contribution in [0.5, 0.6) is 5.75 Å². The van der Waals surface area contributed by atoms with Crippen molar-refractivity contribution in [2.24, 2.45) is 0 Å². The number of carbonyl (C=O) groups excluding carboxylic acids is 2. The number of amides is 2. The first-order chi connectivity index (χ1) is 12.4. The maximum Gasteiger partial charge on any atom is 0.226 e. The summed E-state index contributed by atoms with van der Waals surface area (Å²) >= 11 is 0. The van der Waals surface area contributed by atoms with E-state index in [4.69, 9.17) is 4.74 Å². The number of ether oxygens (including phenoxy) is 1. The Bertz CT molecular complexity index is 742. The van der Waals surface area contributed by atoms with Crippen molar-refractivity contribution in [1.29, 1.82) is 0 Å². The minimum Gasteiger partial charge on any atom is -0.497 e. The molecule has 0 saturated carbocycles. The van der Waals surface area contributed by atoms with Crippen LogP contribution in [0, 0.1) is 0 Å². The first-order valence-corrected chi connectivity index (χ1v) is 8.23. The van der Waals surface area contributed by atoms with Crippen molar-refractivity contribution in [2.45, 2.75) is 19.4 Å². The molecule has 0 aliphatic heterocycles. The number of aromatic nitrogens is 1. The average Bonchev–Trinajstić information content (AvgIpc) is 2.61. The number of nitrogens with zero attached hydrogens (tertiary/aromatic N) is 2. The molecule has 0 saturated heterocycles. The molecule has 2 aromatic rings. The number of hydrogen-bond donors (Lipinski definition) is 2. The summed E-state index contributed by atoms with van der Waals surface area (Å²) in [5.41, 5.74) is 1.44. The van der Waals surface area contributed by atoms with Gasteiger partial charge in [-0.25, -0.2) is 4.98 Å². The number of anilines is 2. The zero-order valence-corrected chi connectivity index (χ0v) is 15.4. The monoisotopic (exact) mass is 356 g/mol. The molecule has 2 N–H and O–H groups in total. The minimum absolute atomic E-state index is 0.112. The van der Waals surface area contributed by atoms with Crippen molar-refractivity contribution in [1.82, 2.24) is 10.3 Å². The number of nitrogens with one attached hydrogen (secondary N) is 2. The third-order valence-electron chi connectivity index (χ3n) is 3.78. The Hall–Kier alpha value is -3.09. The molecule has 0 bridgehead atoms. The zero-order valence-electron chi connectivity index (χ0n) is 15.4. The van der Waals surface area contributed by atoms with Crippen LogP contribution >= 0.6 is 0 Å². The Morgan fingerprint density at radius 2 is 1.85 bits per heavy atom. The van der Waals surface area contributed by atoms with E-state index in [1.54, 1.807) is 31.5 Å². The van der Waals surface area contributed by atoms with Crippen molar-refractivity contribution in [3.63, 3.8) is 0 Å². The predicted octanol–water partition coefficient (Wildman–Crippen LogP) is 2.36. The van der Waals surface area contributed by atoms with E-state index in [0.717, 1.165) is 11.4 Å². The molecule has 2 amide bonds. The molecule has 1 atom stereocenters. The molecule has 0 fully saturated rings. The number of carbonyl (C=O) groups is 2. The summed E-state index contributed by atoms with van der Waals surface area (Å²) < 4.78 is 5.14. The summed E-state index contributed by atoms with van der Waals surface area (Å²) in [5.74, 6) is 1.11. The fraction of sp³-hybridized carbons (Fsp3) is 0.316. The molecule has 0 spiro atoms. The molecule has 2 rings (SSSR count). The van der Waals surface area contributed by atoms with Gasteiger partial charge in [0.2, 0.25) is 11.8 Å². The van der Waals surface area contributed by atoms with Crippen molar-refractivity contribution < 1.29 is 14.3 Å². The van der Waals surface area contributed by atoms with Gasteiger partial charge in [0, 0.05) is 21.0 Å². The summed E-state index contributed by atoms with van der Waals surface area (Å²) in [6.45, 7) is 1.43. The van der Waals surface area contributed by atoms with Crippen molar-refractivity contribution in [2.75, 3.05) is 31.4 Å². The SMILES string of the molecule is COc1ccc([C@@H](CC(=O)Nc2ccc(N(C)C)nc2)NC(C)=O)cc1. The molecule has 0 radical (unpaired) electrons. The number of benzene rings is 1. The largest absolute Gasteiger partial charge is 0.497 e. The van der Waals surface area contributed by atoms with Crippen LogP contribution < -0.4 is 20.3 Å². The second kappa shape index (κ2) is 8.84. The molecule has 26 heavy (non-hydrogen) atoms. The number of rotatable bonds is 7. The molecule has 7 heteroatoms. The van der Waals surface area contributed by atoms with Gasteiger partial charge in [-0.05, 0) is 29.8 Å². The summed E-state index contributed by atoms with van der Waals surface area (Å²) in [7, 11) is 5.38. The van der Waals surface area contributed by atoms with E-state index < -0.39 is 6.04 Å². The van der Waals surface area contributed by atoms with Gasteiger partial charge >= 0.3 is 0 Å². The Morgan fingerprint density at radius 3 is 2.35 bits per heavy atom. The highest BCUT2D eigenvalue weighted by atomic mass is 16.5. The highest BCUT2D eigenvalue weighted by Crippen LogP contribution is 2.21. The topological polar surface area (TPSA) is 83.6 Å². The van der Waals surface area contributed by atoms with Gasteiger partial charge in [-0.3, -0.25) is 9.59 Å². The third kappa shape index (κ3) is 5.47. The smallest absolute Gasteiger partial charge is 0.226 e. The van der Waals surface area contributed by atoms with Crippen LogP contribution in [0.4, 0.5) is 11.5 Å². The molecule has 138 valence electrons. The molecule has 0 unspecified atom stereocenters. The normalized spacial score (nSPS) is 11.4. The summed E-state index contributed by atoms with van der Waals surface area (Å²) in [6, 6.07) is 10.5. The van der Waals surface area contributed by atoms with Crippen molar-refractivity contribution in [3.05, 3.63) is 48.2 Å². The van der Waals surface area contributed by atoms with E-state index in [-0.39, 0.29) is 18.2 Å². The van der Waals surface area contributed by atoms with Crippen LogP contribution in [-0.4, -0.2) is 38.0 Å². The van der Waals surface area contributed by atoms with Gasteiger partial charge in [-0.15, -0.1) is 0 Å². The number of methoxy groups -OCH3 is 1. The van der Waals surface area contributed by atoms with Gasteiger partial charge in [0.25, 0.3) is 0 Å². The second-order valence-electron chi connectivity index (χ2n) is 6.08. The lowest BCUT2D eigenvalue weighted by molar-refractivity contribution is -0.120.